The van der Waals surface area contributed by atoms with Crippen LogP contribution in [0.1, 0.15) is 12.5 Å². The van der Waals surface area contributed by atoms with Gasteiger partial charge in [0.2, 0.25) is 0 Å². The fraction of sp³-hybridized carbons (Fsp3) is 0.250. The molecule has 0 aliphatic rings. The van der Waals surface area contributed by atoms with Crippen molar-refractivity contribution in [2.75, 3.05) is 0 Å². The summed E-state index contributed by atoms with van der Waals surface area (Å²) in [4.78, 5) is 14.3. The Morgan fingerprint density at radius 2 is 2.25 bits per heavy atom. The van der Waals surface area contributed by atoms with Crippen LogP contribution in [0.15, 0.2) is 30.5 Å². The lowest BCUT2D eigenvalue weighted by Gasteiger charge is -2.05. The van der Waals surface area contributed by atoms with Gasteiger partial charge in [-0.2, -0.15) is 0 Å². The maximum absolute atomic E-state index is 11.2. The minimum Gasteiger partial charge on any atom is -0.460 e. The van der Waals surface area contributed by atoms with Crippen LogP contribution in [-0.4, -0.2) is 17.0 Å². The van der Waals surface area contributed by atoms with E-state index in [9.17, 15) is 4.79 Å². The third kappa shape index (κ3) is 2.06. The number of nitrogens with one attached hydrogen (secondary N) is 1. The van der Waals surface area contributed by atoms with E-state index in [1.807, 2.05) is 30.5 Å². The fourth-order valence-corrected chi connectivity index (χ4v) is 1.53. The van der Waals surface area contributed by atoms with E-state index in [0.29, 0.717) is 0 Å². The maximum atomic E-state index is 11.2. The van der Waals surface area contributed by atoms with E-state index >= 15 is 0 Å². The smallest absolute Gasteiger partial charge is 0.322 e. The first-order valence-electron chi connectivity index (χ1n) is 5.15. The molecule has 0 bridgehead atoms. The number of rotatable bonds is 3. The van der Waals surface area contributed by atoms with Crippen LogP contribution in [0.25, 0.3) is 10.9 Å². The highest BCUT2D eigenvalue weighted by atomic mass is 16.5. The van der Waals surface area contributed by atoms with E-state index in [0.717, 1.165) is 16.5 Å². The zero-order valence-corrected chi connectivity index (χ0v) is 9.07. The summed E-state index contributed by atoms with van der Waals surface area (Å²) in [5.41, 5.74) is 7.40. The molecule has 2 rings (SSSR count). The number of aromatic amines is 1. The van der Waals surface area contributed by atoms with Gasteiger partial charge in [-0.1, -0.05) is 18.2 Å². The van der Waals surface area contributed by atoms with E-state index in [2.05, 4.69) is 4.98 Å². The average Bonchev–Trinajstić information content (AvgIpc) is 2.69. The van der Waals surface area contributed by atoms with Crippen molar-refractivity contribution in [3.8, 4) is 0 Å². The molecule has 4 heteroatoms. The van der Waals surface area contributed by atoms with E-state index in [-0.39, 0.29) is 12.6 Å². The SMILES string of the molecule is C[C@@H](N)C(=O)OCc1c[nH]c2ccccc12. The molecule has 3 N–H and O–H groups in total. The highest BCUT2D eigenvalue weighted by molar-refractivity contribution is 5.83. The summed E-state index contributed by atoms with van der Waals surface area (Å²) in [5.74, 6) is -0.384. The van der Waals surface area contributed by atoms with Crippen molar-refractivity contribution >= 4 is 16.9 Å². The number of hydrogen-bond donors (Lipinski definition) is 2. The zero-order chi connectivity index (χ0) is 11.5. The number of fused-ring (bicyclic) bond motifs is 1. The largest absolute Gasteiger partial charge is 0.460 e. The van der Waals surface area contributed by atoms with Crippen molar-refractivity contribution in [3.05, 3.63) is 36.0 Å². The Kier molecular flexibility index (Phi) is 2.92. The van der Waals surface area contributed by atoms with Gasteiger partial charge < -0.3 is 15.5 Å². The topological polar surface area (TPSA) is 68.1 Å². The maximum Gasteiger partial charge on any atom is 0.322 e. The van der Waals surface area contributed by atoms with Gasteiger partial charge in [-0.05, 0) is 13.0 Å². The Labute approximate surface area is 93.4 Å². The molecule has 0 saturated carbocycles. The summed E-state index contributed by atoms with van der Waals surface area (Å²) in [6.07, 6.45) is 1.85. The van der Waals surface area contributed by atoms with Crippen molar-refractivity contribution < 1.29 is 9.53 Å². The molecule has 0 fully saturated rings. The van der Waals surface area contributed by atoms with E-state index in [4.69, 9.17) is 10.5 Å². The Morgan fingerprint density at radius 1 is 1.50 bits per heavy atom. The summed E-state index contributed by atoms with van der Waals surface area (Å²) in [7, 11) is 0. The molecule has 0 amide bonds. The lowest BCUT2D eigenvalue weighted by molar-refractivity contribution is -0.146. The van der Waals surface area contributed by atoms with Crippen LogP contribution in [0.4, 0.5) is 0 Å². The average molecular weight is 218 g/mol. The van der Waals surface area contributed by atoms with E-state index in [1.54, 1.807) is 6.92 Å². The highest BCUT2D eigenvalue weighted by Crippen LogP contribution is 2.18. The van der Waals surface area contributed by atoms with Gasteiger partial charge in [-0.3, -0.25) is 4.79 Å². The third-order valence-corrected chi connectivity index (χ3v) is 2.42. The molecular formula is C12H14N2O2. The molecule has 0 aliphatic heterocycles. The Balaban J connectivity index is 2.13. The molecule has 0 spiro atoms. The number of H-pyrrole nitrogens is 1. The third-order valence-electron chi connectivity index (χ3n) is 2.42. The van der Waals surface area contributed by atoms with E-state index < -0.39 is 6.04 Å². The van der Waals surface area contributed by atoms with Gasteiger partial charge >= 0.3 is 5.97 Å². The molecular weight excluding hydrogens is 204 g/mol. The number of ether oxygens (including phenoxy) is 1. The molecule has 1 aromatic heterocycles. The van der Waals surface area contributed by atoms with Gasteiger partial charge in [0.15, 0.2) is 0 Å². The second-order valence-electron chi connectivity index (χ2n) is 3.76. The number of para-hydroxylation sites is 1. The number of carbonyl (C=O) groups is 1. The minimum absolute atomic E-state index is 0.254. The fourth-order valence-electron chi connectivity index (χ4n) is 1.53. The number of esters is 1. The lowest BCUT2D eigenvalue weighted by atomic mass is 10.2. The van der Waals surface area contributed by atoms with Crippen LogP contribution in [0, 0.1) is 0 Å². The monoisotopic (exact) mass is 218 g/mol. The van der Waals surface area contributed by atoms with Crippen molar-refractivity contribution in [3.63, 3.8) is 0 Å². The van der Waals surface area contributed by atoms with Crippen LogP contribution >= 0.6 is 0 Å². The first kappa shape index (κ1) is 10.7. The second kappa shape index (κ2) is 4.37. The Bertz CT molecular complexity index is 502. The van der Waals surface area contributed by atoms with Crippen molar-refractivity contribution in [1.82, 2.24) is 4.98 Å². The molecule has 1 atom stereocenters. The van der Waals surface area contributed by atoms with Gasteiger partial charge in [-0.15, -0.1) is 0 Å². The molecule has 0 radical (unpaired) electrons. The Hall–Kier alpha value is -1.81. The summed E-state index contributed by atoms with van der Waals surface area (Å²) < 4.78 is 5.07. The number of aromatic nitrogens is 1. The van der Waals surface area contributed by atoms with Crippen LogP contribution in [0.2, 0.25) is 0 Å². The highest BCUT2D eigenvalue weighted by Gasteiger charge is 2.10. The molecule has 0 saturated heterocycles. The van der Waals surface area contributed by atoms with Gasteiger partial charge in [0.25, 0.3) is 0 Å². The van der Waals surface area contributed by atoms with Crippen molar-refractivity contribution in [2.45, 2.75) is 19.6 Å². The van der Waals surface area contributed by atoms with Crippen molar-refractivity contribution in [2.24, 2.45) is 5.73 Å². The first-order chi connectivity index (χ1) is 7.68. The first-order valence-corrected chi connectivity index (χ1v) is 5.15. The van der Waals surface area contributed by atoms with Crippen LogP contribution in [0.3, 0.4) is 0 Å². The molecule has 2 aromatic rings. The predicted octanol–water partition coefficient (Wildman–Crippen LogP) is 1.56. The normalized spacial score (nSPS) is 12.6. The molecule has 84 valence electrons. The Morgan fingerprint density at radius 3 is 3.00 bits per heavy atom. The number of benzene rings is 1. The number of carbonyl (C=O) groups excluding carboxylic acids is 1. The number of hydrogen-bond acceptors (Lipinski definition) is 3. The standard InChI is InChI=1S/C12H14N2O2/c1-8(13)12(15)16-7-9-6-14-11-5-3-2-4-10(9)11/h2-6,8,14H,7,13H2,1H3/t8-/m1/s1. The van der Waals surface area contributed by atoms with Crippen LogP contribution in [0.5, 0.6) is 0 Å². The van der Waals surface area contributed by atoms with Gasteiger partial charge in [0.05, 0.1) is 0 Å². The lowest BCUT2D eigenvalue weighted by Crippen LogP contribution is -2.28. The second-order valence-corrected chi connectivity index (χ2v) is 3.76. The number of nitrogens with two attached hydrogens (primary N) is 1. The minimum atomic E-state index is -0.579. The summed E-state index contributed by atoms with van der Waals surface area (Å²) in [5, 5.41) is 1.07. The van der Waals surface area contributed by atoms with Crippen molar-refractivity contribution in [1.29, 1.82) is 0 Å². The molecule has 4 nitrogen and oxygen atoms in total. The molecule has 0 aliphatic carbocycles. The molecule has 1 heterocycles. The predicted molar refractivity (Wildman–Crippen MR) is 61.7 cm³/mol. The van der Waals surface area contributed by atoms with Gasteiger partial charge in [0.1, 0.15) is 12.6 Å². The van der Waals surface area contributed by atoms with E-state index in [1.165, 1.54) is 0 Å². The van der Waals surface area contributed by atoms with Crippen LogP contribution in [-0.2, 0) is 16.1 Å². The summed E-state index contributed by atoms with van der Waals surface area (Å²) in [6.45, 7) is 1.86. The van der Waals surface area contributed by atoms with Gasteiger partial charge in [0, 0.05) is 22.7 Å². The zero-order valence-electron chi connectivity index (χ0n) is 9.07. The van der Waals surface area contributed by atoms with Gasteiger partial charge in [-0.25, -0.2) is 0 Å². The molecule has 16 heavy (non-hydrogen) atoms. The molecule has 1 aromatic carbocycles. The summed E-state index contributed by atoms with van der Waals surface area (Å²) in [6, 6.07) is 7.29. The molecule has 0 unspecified atom stereocenters. The van der Waals surface area contributed by atoms with Crippen LogP contribution < -0.4 is 5.73 Å². The summed E-state index contributed by atoms with van der Waals surface area (Å²) >= 11 is 0. The quantitative estimate of drug-likeness (QED) is 0.768.